The minimum absolute atomic E-state index is 0.0359. The monoisotopic (exact) mass is 486 g/mol. The quantitative estimate of drug-likeness (QED) is 0.522. The van der Waals surface area contributed by atoms with Crippen molar-refractivity contribution in [2.45, 2.75) is 92.3 Å². The molecule has 2 aliphatic carbocycles. The highest BCUT2D eigenvalue weighted by Gasteiger charge is 2.53. The summed E-state index contributed by atoms with van der Waals surface area (Å²) in [6.45, 7) is 13.0. The fourth-order valence-electron chi connectivity index (χ4n) is 6.62. The number of carbonyl (C=O) groups excluding carboxylic acids is 2. The van der Waals surface area contributed by atoms with Crippen molar-refractivity contribution in [1.82, 2.24) is 10.6 Å². The van der Waals surface area contributed by atoms with Gasteiger partial charge in [-0.25, -0.2) is 0 Å². The molecule has 0 heterocycles. The van der Waals surface area contributed by atoms with E-state index in [1.165, 1.54) is 0 Å². The lowest BCUT2D eigenvalue weighted by Gasteiger charge is -2.56. The maximum absolute atomic E-state index is 13.1. The van der Waals surface area contributed by atoms with Crippen LogP contribution in [0, 0.1) is 34.5 Å². The predicted molar refractivity (Wildman–Crippen MR) is 139 cm³/mol. The van der Waals surface area contributed by atoms with Crippen LogP contribution in [0.4, 0.5) is 0 Å². The maximum atomic E-state index is 13.1. The van der Waals surface area contributed by atoms with Crippen LogP contribution in [-0.2, 0) is 16.1 Å². The highest BCUT2D eigenvalue weighted by molar-refractivity contribution is 5.79. The fraction of sp³-hybridized carbons (Fsp3) is 0.724. The second-order valence-electron chi connectivity index (χ2n) is 12.5. The average molecular weight is 487 g/mol. The van der Waals surface area contributed by atoms with Crippen LogP contribution in [0.25, 0.3) is 0 Å². The van der Waals surface area contributed by atoms with Gasteiger partial charge >= 0.3 is 0 Å². The summed E-state index contributed by atoms with van der Waals surface area (Å²) in [5.74, 6) is 0.610. The average Bonchev–Trinajstić information content (AvgIpc) is 2.78. The fourth-order valence-corrected chi connectivity index (χ4v) is 6.62. The number of aliphatic hydroxyl groups is 1. The molecule has 1 aromatic rings. The van der Waals surface area contributed by atoms with Crippen LogP contribution in [0.3, 0.4) is 0 Å². The number of amides is 2. The standard InChI is InChI=1S/C29H46N2O4/c1-18(27(34)30-17-20-10-8-9-11-23(20)35-7)21-12-14-29(6)15-13-22(19(2)25(29)26(21)33)31-24(32)16-28(3,4)5/h8-11,18-19,21-22,25-26,33H,12-17H2,1-7H3,(H,30,34)(H,31,32)/t18-,19+,21-,22-,25+,26-,29-/m0/s1. The van der Waals surface area contributed by atoms with E-state index in [2.05, 4.69) is 45.3 Å². The molecule has 0 aromatic heterocycles. The molecule has 196 valence electrons. The third-order valence-corrected chi connectivity index (χ3v) is 8.63. The Labute approximate surface area is 211 Å². The van der Waals surface area contributed by atoms with Gasteiger partial charge in [-0.05, 0) is 60.3 Å². The number of benzene rings is 1. The molecular formula is C29H46N2O4. The first-order valence-corrected chi connectivity index (χ1v) is 13.2. The Morgan fingerprint density at radius 2 is 1.86 bits per heavy atom. The van der Waals surface area contributed by atoms with E-state index in [4.69, 9.17) is 4.74 Å². The molecule has 3 rings (SSSR count). The van der Waals surface area contributed by atoms with Crippen molar-refractivity contribution in [3.63, 3.8) is 0 Å². The van der Waals surface area contributed by atoms with E-state index in [0.29, 0.717) is 13.0 Å². The van der Waals surface area contributed by atoms with Crippen molar-refractivity contribution in [3.05, 3.63) is 29.8 Å². The molecule has 7 atom stereocenters. The normalized spacial score (nSPS) is 31.7. The van der Waals surface area contributed by atoms with E-state index in [0.717, 1.165) is 37.0 Å². The summed E-state index contributed by atoms with van der Waals surface area (Å²) in [4.78, 5) is 25.8. The minimum atomic E-state index is -0.571. The Balaban J connectivity index is 1.66. The summed E-state index contributed by atoms with van der Waals surface area (Å²) in [5, 5.41) is 17.9. The molecule has 0 spiro atoms. The van der Waals surface area contributed by atoms with Gasteiger partial charge < -0.3 is 20.5 Å². The molecule has 2 fully saturated rings. The van der Waals surface area contributed by atoms with E-state index in [-0.39, 0.29) is 52.4 Å². The summed E-state index contributed by atoms with van der Waals surface area (Å²) in [6, 6.07) is 7.73. The van der Waals surface area contributed by atoms with Crippen LogP contribution >= 0.6 is 0 Å². The zero-order chi connectivity index (χ0) is 26.0. The van der Waals surface area contributed by atoms with E-state index < -0.39 is 6.10 Å². The highest BCUT2D eigenvalue weighted by Crippen LogP contribution is 2.55. The van der Waals surface area contributed by atoms with Crippen LogP contribution in [0.2, 0.25) is 0 Å². The number of aliphatic hydroxyl groups excluding tert-OH is 1. The van der Waals surface area contributed by atoms with E-state index >= 15 is 0 Å². The molecular weight excluding hydrogens is 440 g/mol. The topological polar surface area (TPSA) is 87.7 Å². The number of ether oxygens (including phenoxy) is 1. The van der Waals surface area contributed by atoms with Gasteiger partial charge in [0.05, 0.1) is 13.2 Å². The van der Waals surface area contributed by atoms with Crippen molar-refractivity contribution in [3.8, 4) is 5.75 Å². The number of para-hydroxylation sites is 1. The summed E-state index contributed by atoms with van der Waals surface area (Å²) in [6.07, 6.45) is 3.68. The molecule has 6 nitrogen and oxygen atoms in total. The first-order chi connectivity index (χ1) is 16.4. The van der Waals surface area contributed by atoms with Gasteiger partial charge in [0.2, 0.25) is 11.8 Å². The van der Waals surface area contributed by atoms with Crippen molar-refractivity contribution in [2.75, 3.05) is 7.11 Å². The summed E-state index contributed by atoms with van der Waals surface area (Å²) >= 11 is 0. The number of hydrogen-bond donors (Lipinski definition) is 3. The Kier molecular flexibility index (Phi) is 8.56. The third kappa shape index (κ3) is 6.38. The summed E-state index contributed by atoms with van der Waals surface area (Å²) in [7, 11) is 1.63. The molecule has 1 aromatic carbocycles. The Morgan fingerprint density at radius 1 is 1.20 bits per heavy atom. The largest absolute Gasteiger partial charge is 0.496 e. The minimum Gasteiger partial charge on any atom is -0.496 e. The smallest absolute Gasteiger partial charge is 0.223 e. The summed E-state index contributed by atoms with van der Waals surface area (Å²) in [5.41, 5.74) is 0.911. The van der Waals surface area contributed by atoms with Crippen molar-refractivity contribution in [2.24, 2.45) is 34.5 Å². The van der Waals surface area contributed by atoms with Crippen LogP contribution in [-0.4, -0.2) is 36.2 Å². The number of hydrogen-bond acceptors (Lipinski definition) is 4. The number of nitrogens with one attached hydrogen (secondary N) is 2. The second kappa shape index (κ2) is 10.9. The number of rotatable bonds is 7. The lowest BCUT2D eigenvalue weighted by molar-refractivity contribution is -0.144. The molecule has 2 aliphatic rings. The first kappa shape index (κ1) is 27.5. The van der Waals surface area contributed by atoms with Gasteiger partial charge in [-0.2, -0.15) is 0 Å². The molecule has 0 unspecified atom stereocenters. The Morgan fingerprint density at radius 3 is 2.51 bits per heavy atom. The highest BCUT2D eigenvalue weighted by atomic mass is 16.5. The zero-order valence-corrected chi connectivity index (χ0v) is 22.7. The Bertz CT molecular complexity index is 895. The second-order valence-corrected chi connectivity index (χ2v) is 12.5. The molecule has 0 saturated heterocycles. The van der Waals surface area contributed by atoms with E-state index in [1.807, 2.05) is 31.2 Å². The van der Waals surface area contributed by atoms with E-state index in [1.54, 1.807) is 7.11 Å². The van der Waals surface area contributed by atoms with Crippen LogP contribution in [0.5, 0.6) is 5.75 Å². The lowest BCUT2D eigenvalue weighted by atomic mass is 9.51. The van der Waals surface area contributed by atoms with Gasteiger partial charge in [0, 0.05) is 30.5 Å². The number of fused-ring (bicyclic) bond motifs is 1. The molecule has 3 N–H and O–H groups in total. The molecule has 35 heavy (non-hydrogen) atoms. The van der Waals surface area contributed by atoms with Gasteiger partial charge in [-0.1, -0.05) is 59.7 Å². The molecule has 6 heteroatoms. The first-order valence-electron chi connectivity index (χ1n) is 13.2. The van der Waals surface area contributed by atoms with Gasteiger partial charge in [0.25, 0.3) is 0 Å². The number of methoxy groups -OCH3 is 1. The van der Waals surface area contributed by atoms with Crippen molar-refractivity contribution >= 4 is 11.8 Å². The molecule has 0 radical (unpaired) electrons. The molecule has 2 saturated carbocycles. The predicted octanol–water partition coefficient (Wildman–Crippen LogP) is 4.69. The van der Waals surface area contributed by atoms with Gasteiger partial charge in [-0.3, -0.25) is 9.59 Å². The zero-order valence-electron chi connectivity index (χ0n) is 22.7. The van der Waals surface area contributed by atoms with Gasteiger partial charge in [0.15, 0.2) is 0 Å². The van der Waals surface area contributed by atoms with Crippen molar-refractivity contribution in [1.29, 1.82) is 0 Å². The third-order valence-electron chi connectivity index (χ3n) is 8.63. The lowest BCUT2D eigenvalue weighted by Crippen LogP contribution is -2.58. The van der Waals surface area contributed by atoms with Crippen LogP contribution < -0.4 is 15.4 Å². The van der Waals surface area contributed by atoms with E-state index in [9.17, 15) is 14.7 Å². The van der Waals surface area contributed by atoms with Crippen molar-refractivity contribution < 1.29 is 19.4 Å². The number of carbonyl (C=O) groups is 2. The SMILES string of the molecule is COc1ccccc1CNC(=O)[C@@H](C)[C@@H]1CC[C@@]2(C)CC[C@H](NC(=O)CC(C)(C)C)[C@@H](C)[C@@H]2[C@H]1O. The van der Waals surface area contributed by atoms with Crippen LogP contribution in [0.1, 0.15) is 79.2 Å². The molecule has 2 amide bonds. The van der Waals surface area contributed by atoms with Gasteiger partial charge in [-0.15, -0.1) is 0 Å². The van der Waals surface area contributed by atoms with Crippen LogP contribution in [0.15, 0.2) is 24.3 Å². The Hall–Kier alpha value is -2.08. The maximum Gasteiger partial charge on any atom is 0.223 e. The van der Waals surface area contributed by atoms with Gasteiger partial charge in [0.1, 0.15) is 5.75 Å². The molecule has 0 aliphatic heterocycles. The molecule has 0 bridgehead atoms. The summed E-state index contributed by atoms with van der Waals surface area (Å²) < 4.78 is 5.40.